The SMILES string of the molecule is c1ccc(N(c2ccc3c(c2)C(c2ccccc2)(c2ccccc2)c2ccccc2-3)c2ccc(-c3ccc4c(c3)C3(c5ccccc5-4)c4ccccc4-n4c5ccccc5c5cccc3c54)c3ccccc23)cc1. The van der Waals surface area contributed by atoms with E-state index in [9.17, 15) is 0 Å². The Morgan fingerprint density at radius 1 is 0.284 bits per heavy atom. The van der Waals surface area contributed by atoms with Crippen LogP contribution in [0.15, 0.2) is 279 Å². The molecule has 2 heteroatoms. The zero-order valence-corrected chi connectivity index (χ0v) is 40.5. The van der Waals surface area contributed by atoms with Gasteiger partial charge in [-0.05, 0) is 132 Å². The van der Waals surface area contributed by atoms with Crippen LogP contribution in [-0.4, -0.2) is 4.57 Å². The van der Waals surface area contributed by atoms with Gasteiger partial charge >= 0.3 is 0 Å². The van der Waals surface area contributed by atoms with Gasteiger partial charge in [-0.15, -0.1) is 0 Å². The number of rotatable bonds is 6. The highest BCUT2D eigenvalue weighted by molar-refractivity contribution is 6.13. The van der Waals surface area contributed by atoms with Gasteiger partial charge in [-0.3, -0.25) is 0 Å². The number of para-hydroxylation sites is 4. The second-order valence-electron chi connectivity index (χ2n) is 20.2. The predicted molar refractivity (Wildman–Crippen MR) is 307 cm³/mol. The van der Waals surface area contributed by atoms with Crippen molar-refractivity contribution in [1.82, 2.24) is 4.57 Å². The highest BCUT2D eigenvalue weighted by atomic mass is 15.1. The van der Waals surface area contributed by atoms with E-state index in [1.54, 1.807) is 0 Å². The predicted octanol–water partition coefficient (Wildman–Crippen LogP) is 18.1. The van der Waals surface area contributed by atoms with E-state index in [-0.39, 0.29) is 0 Å². The average molecular weight is 939 g/mol. The first-order chi connectivity index (χ1) is 36.7. The van der Waals surface area contributed by atoms with E-state index in [1.165, 1.54) is 116 Å². The van der Waals surface area contributed by atoms with Gasteiger partial charge in [0.2, 0.25) is 0 Å². The van der Waals surface area contributed by atoms with E-state index < -0.39 is 10.8 Å². The Morgan fingerprint density at radius 3 is 1.53 bits per heavy atom. The number of aromatic nitrogens is 1. The lowest BCUT2D eigenvalue weighted by Gasteiger charge is -2.39. The van der Waals surface area contributed by atoms with Crippen LogP contribution in [0, 0.1) is 0 Å². The number of hydrogen-bond acceptors (Lipinski definition) is 1. The Morgan fingerprint density at radius 2 is 0.797 bits per heavy atom. The molecule has 2 heterocycles. The van der Waals surface area contributed by atoms with Gasteiger partial charge in [0.1, 0.15) is 0 Å². The molecule has 0 N–H and O–H groups in total. The molecule has 2 nitrogen and oxygen atoms in total. The van der Waals surface area contributed by atoms with Crippen LogP contribution in [0.3, 0.4) is 0 Å². The lowest BCUT2D eigenvalue weighted by Crippen LogP contribution is -2.33. The van der Waals surface area contributed by atoms with Crippen molar-refractivity contribution in [3.63, 3.8) is 0 Å². The van der Waals surface area contributed by atoms with Crippen LogP contribution in [0.5, 0.6) is 0 Å². The van der Waals surface area contributed by atoms with Crippen LogP contribution in [0.25, 0.3) is 71.6 Å². The summed E-state index contributed by atoms with van der Waals surface area (Å²) >= 11 is 0. The molecule has 3 aliphatic rings. The van der Waals surface area contributed by atoms with E-state index >= 15 is 0 Å². The van der Waals surface area contributed by atoms with Crippen molar-refractivity contribution in [3.05, 3.63) is 324 Å². The fraction of sp³-hybridized carbons (Fsp3) is 0.0278. The van der Waals surface area contributed by atoms with Crippen molar-refractivity contribution in [2.45, 2.75) is 10.8 Å². The number of hydrogen-bond donors (Lipinski definition) is 0. The molecule has 74 heavy (non-hydrogen) atoms. The molecule has 2 aliphatic carbocycles. The molecule has 0 fully saturated rings. The highest BCUT2D eigenvalue weighted by Crippen LogP contribution is 2.62. The summed E-state index contributed by atoms with van der Waals surface area (Å²) in [6.07, 6.45) is 0. The van der Waals surface area contributed by atoms with Gasteiger partial charge in [0.05, 0.1) is 33.2 Å². The van der Waals surface area contributed by atoms with Crippen LogP contribution < -0.4 is 4.90 Å². The van der Waals surface area contributed by atoms with Crippen LogP contribution in [0.2, 0.25) is 0 Å². The molecule has 0 amide bonds. The summed E-state index contributed by atoms with van der Waals surface area (Å²) in [5.41, 5.74) is 24.0. The quantitative estimate of drug-likeness (QED) is 0.161. The summed E-state index contributed by atoms with van der Waals surface area (Å²) in [6, 6.07) is 105. The first kappa shape index (κ1) is 41.2. The molecule has 1 aromatic heterocycles. The summed E-state index contributed by atoms with van der Waals surface area (Å²) in [5.74, 6) is 0. The normalized spacial score (nSPS) is 15.2. The van der Waals surface area contributed by atoms with Gasteiger partial charge in [-0.1, -0.05) is 231 Å². The van der Waals surface area contributed by atoms with Gasteiger partial charge < -0.3 is 9.47 Å². The van der Waals surface area contributed by atoms with E-state index in [1.807, 2.05) is 0 Å². The van der Waals surface area contributed by atoms with Crippen molar-refractivity contribution < 1.29 is 0 Å². The minimum Gasteiger partial charge on any atom is -0.310 e. The molecular weight excluding hydrogens is 893 g/mol. The molecule has 1 spiro atoms. The molecule has 1 atom stereocenters. The van der Waals surface area contributed by atoms with Gasteiger partial charge in [0.25, 0.3) is 0 Å². The molecule has 1 unspecified atom stereocenters. The van der Waals surface area contributed by atoms with Crippen molar-refractivity contribution in [1.29, 1.82) is 0 Å². The fourth-order valence-electron chi connectivity index (χ4n) is 14.0. The second kappa shape index (κ2) is 15.5. The van der Waals surface area contributed by atoms with Crippen LogP contribution >= 0.6 is 0 Å². The first-order valence-electron chi connectivity index (χ1n) is 25.8. The lowest BCUT2D eigenvalue weighted by molar-refractivity contribution is 0.749. The second-order valence-corrected chi connectivity index (χ2v) is 20.2. The number of fused-ring (bicyclic) bond motifs is 16. The maximum Gasteiger partial charge on any atom is 0.0754 e. The molecule has 12 aromatic carbocycles. The first-order valence-corrected chi connectivity index (χ1v) is 25.8. The maximum atomic E-state index is 2.53. The van der Waals surface area contributed by atoms with Crippen LogP contribution in [-0.2, 0) is 10.8 Å². The average Bonchev–Trinajstić information content (AvgIpc) is 4.10. The number of benzene rings is 12. The van der Waals surface area contributed by atoms with Crippen LogP contribution in [0.4, 0.5) is 17.1 Å². The molecule has 0 radical (unpaired) electrons. The largest absolute Gasteiger partial charge is 0.310 e. The number of anilines is 3. The maximum absolute atomic E-state index is 2.53. The monoisotopic (exact) mass is 938 g/mol. The topological polar surface area (TPSA) is 8.17 Å². The Balaban J connectivity index is 0.915. The molecule has 0 saturated heterocycles. The number of nitrogens with zero attached hydrogens (tertiary/aromatic N) is 2. The van der Waals surface area contributed by atoms with Gasteiger partial charge in [-0.2, -0.15) is 0 Å². The summed E-state index contributed by atoms with van der Waals surface area (Å²) in [6.45, 7) is 0. The fourth-order valence-corrected chi connectivity index (χ4v) is 14.0. The van der Waals surface area contributed by atoms with Gasteiger partial charge in [0.15, 0.2) is 0 Å². The Kier molecular flexibility index (Phi) is 8.62. The molecule has 0 saturated carbocycles. The highest BCUT2D eigenvalue weighted by Gasteiger charge is 2.51. The molecule has 0 bridgehead atoms. The van der Waals surface area contributed by atoms with Crippen molar-refractivity contribution in [3.8, 4) is 39.1 Å². The summed E-state index contributed by atoms with van der Waals surface area (Å²) in [4.78, 5) is 2.48. The minimum absolute atomic E-state index is 0.524. The Hall–Kier alpha value is -9.50. The smallest absolute Gasteiger partial charge is 0.0754 e. The van der Waals surface area contributed by atoms with Crippen LogP contribution in [0.1, 0.15) is 44.5 Å². The lowest BCUT2D eigenvalue weighted by atomic mass is 9.65. The molecule has 1 aliphatic heterocycles. The molecule has 16 rings (SSSR count). The van der Waals surface area contributed by atoms with Crippen molar-refractivity contribution in [2.24, 2.45) is 0 Å². The zero-order chi connectivity index (χ0) is 48.5. The van der Waals surface area contributed by atoms with E-state index in [2.05, 4.69) is 289 Å². The summed E-state index contributed by atoms with van der Waals surface area (Å²) in [5, 5.41) is 4.96. The van der Waals surface area contributed by atoms with Crippen molar-refractivity contribution in [2.75, 3.05) is 4.90 Å². The third kappa shape index (κ3) is 5.33. The molecule has 344 valence electrons. The van der Waals surface area contributed by atoms with Crippen molar-refractivity contribution >= 4 is 49.6 Å². The van der Waals surface area contributed by atoms with E-state index in [0.29, 0.717) is 0 Å². The minimum atomic E-state index is -0.537. The molecule has 13 aromatic rings. The third-order valence-corrected chi connectivity index (χ3v) is 16.9. The van der Waals surface area contributed by atoms with Gasteiger partial charge in [0, 0.05) is 27.5 Å². The standard InChI is InChI=1S/C72H46N2/c1-4-21-48(22-5-1)71(49-23-6-2-7-24-49)61-33-15-12-28-54(61)57-42-40-51(46-66(57)71)73(50-25-8-3-9-26-50)68-44-43-52(53-27-10-11-30-58(53)68)47-39-41-56-55-29-13-16-34-62(55)72(65(56)45-47)63-35-17-19-38-69(63)74-67-37-18-14-31-59(67)60-32-20-36-64(72)70(60)74/h1-46H. The third-order valence-electron chi connectivity index (χ3n) is 16.9. The van der Waals surface area contributed by atoms with Gasteiger partial charge in [-0.25, -0.2) is 0 Å². The molecular formula is C72H46N2. The van der Waals surface area contributed by atoms with E-state index in [4.69, 9.17) is 0 Å². The summed E-state index contributed by atoms with van der Waals surface area (Å²) in [7, 11) is 0. The Bertz CT molecular complexity index is 4390. The van der Waals surface area contributed by atoms with E-state index in [0.717, 1.165) is 17.1 Å². The summed E-state index contributed by atoms with van der Waals surface area (Å²) < 4.78 is 2.53. The Labute approximate surface area is 430 Å². The zero-order valence-electron chi connectivity index (χ0n) is 40.5.